The molecule has 2 rings (SSSR count). The van der Waals surface area contributed by atoms with Gasteiger partial charge in [0.25, 0.3) is 0 Å². The SMILES string of the molecule is Cc1cc(C)n(CCCN2CCS(=O)(=O)CC2)n1. The first kappa shape index (κ1) is 13.5. The van der Waals surface area contributed by atoms with Gasteiger partial charge in [-0.3, -0.25) is 4.68 Å². The van der Waals surface area contributed by atoms with Gasteiger partial charge in [-0.15, -0.1) is 0 Å². The fourth-order valence-electron chi connectivity index (χ4n) is 2.32. The topological polar surface area (TPSA) is 55.2 Å². The Labute approximate surface area is 109 Å². The molecule has 2 heterocycles. The Bertz CT molecular complexity index is 493. The van der Waals surface area contributed by atoms with Crippen LogP contribution in [0.15, 0.2) is 6.07 Å². The number of sulfone groups is 1. The summed E-state index contributed by atoms with van der Waals surface area (Å²) in [5.41, 5.74) is 2.24. The molecule has 18 heavy (non-hydrogen) atoms. The smallest absolute Gasteiger partial charge is 0.152 e. The second-order valence-corrected chi connectivity index (χ2v) is 7.30. The van der Waals surface area contributed by atoms with E-state index in [1.165, 1.54) is 5.69 Å². The van der Waals surface area contributed by atoms with E-state index < -0.39 is 9.84 Å². The zero-order chi connectivity index (χ0) is 13.2. The number of aromatic nitrogens is 2. The van der Waals surface area contributed by atoms with Crippen LogP contribution in [0.5, 0.6) is 0 Å². The van der Waals surface area contributed by atoms with Gasteiger partial charge in [0.2, 0.25) is 0 Å². The number of hydrogen-bond acceptors (Lipinski definition) is 4. The molecular formula is C12H21N3O2S. The Balaban J connectivity index is 1.75. The predicted molar refractivity (Wildman–Crippen MR) is 71.4 cm³/mol. The molecule has 1 aromatic heterocycles. The largest absolute Gasteiger partial charge is 0.301 e. The highest BCUT2D eigenvalue weighted by Crippen LogP contribution is 2.06. The Morgan fingerprint density at radius 3 is 2.44 bits per heavy atom. The van der Waals surface area contributed by atoms with E-state index in [0.717, 1.165) is 25.2 Å². The lowest BCUT2D eigenvalue weighted by Crippen LogP contribution is -2.40. The van der Waals surface area contributed by atoms with E-state index in [9.17, 15) is 8.42 Å². The molecule has 0 atom stereocenters. The molecule has 0 amide bonds. The average molecular weight is 271 g/mol. The third-order valence-corrected chi connectivity index (χ3v) is 4.99. The van der Waals surface area contributed by atoms with Crippen LogP contribution in [0.3, 0.4) is 0 Å². The lowest BCUT2D eigenvalue weighted by Gasteiger charge is -2.26. The van der Waals surface area contributed by atoms with Gasteiger partial charge < -0.3 is 4.90 Å². The molecule has 102 valence electrons. The molecule has 1 saturated heterocycles. The fraction of sp³-hybridized carbons (Fsp3) is 0.750. The van der Waals surface area contributed by atoms with Crippen LogP contribution in [0, 0.1) is 13.8 Å². The van der Waals surface area contributed by atoms with Crippen LogP contribution >= 0.6 is 0 Å². The first-order valence-corrected chi connectivity index (χ1v) is 8.22. The second-order valence-electron chi connectivity index (χ2n) is 5.00. The van der Waals surface area contributed by atoms with E-state index >= 15 is 0 Å². The van der Waals surface area contributed by atoms with Crippen LogP contribution in [0.2, 0.25) is 0 Å². The van der Waals surface area contributed by atoms with Crippen molar-refractivity contribution in [3.63, 3.8) is 0 Å². The van der Waals surface area contributed by atoms with Crippen molar-refractivity contribution < 1.29 is 8.42 Å². The first-order chi connectivity index (χ1) is 8.46. The van der Waals surface area contributed by atoms with Crippen molar-refractivity contribution in [2.75, 3.05) is 31.1 Å². The quantitative estimate of drug-likeness (QED) is 0.805. The maximum absolute atomic E-state index is 11.3. The van der Waals surface area contributed by atoms with Crippen molar-refractivity contribution >= 4 is 9.84 Å². The van der Waals surface area contributed by atoms with Gasteiger partial charge in [0.05, 0.1) is 17.2 Å². The minimum absolute atomic E-state index is 0.312. The molecule has 1 aliphatic heterocycles. The zero-order valence-electron chi connectivity index (χ0n) is 11.1. The summed E-state index contributed by atoms with van der Waals surface area (Å²) in [7, 11) is -2.76. The molecule has 0 unspecified atom stereocenters. The van der Waals surface area contributed by atoms with Crippen molar-refractivity contribution in [3.05, 3.63) is 17.5 Å². The Kier molecular flexibility index (Phi) is 4.07. The molecule has 6 heteroatoms. The Hall–Kier alpha value is -0.880. The molecule has 1 aromatic rings. The van der Waals surface area contributed by atoms with E-state index in [4.69, 9.17) is 0 Å². The minimum Gasteiger partial charge on any atom is -0.301 e. The van der Waals surface area contributed by atoms with E-state index in [2.05, 4.69) is 23.0 Å². The Morgan fingerprint density at radius 2 is 1.89 bits per heavy atom. The third kappa shape index (κ3) is 3.55. The summed E-state index contributed by atoms with van der Waals surface area (Å²) < 4.78 is 24.6. The number of rotatable bonds is 4. The number of hydrogen-bond donors (Lipinski definition) is 0. The molecule has 5 nitrogen and oxygen atoms in total. The van der Waals surface area contributed by atoms with Gasteiger partial charge in [-0.25, -0.2) is 8.42 Å². The van der Waals surface area contributed by atoms with Gasteiger partial charge in [0, 0.05) is 25.3 Å². The maximum Gasteiger partial charge on any atom is 0.152 e. The van der Waals surface area contributed by atoms with Crippen LogP contribution in [-0.4, -0.2) is 54.2 Å². The van der Waals surface area contributed by atoms with Crippen LogP contribution in [0.4, 0.5) is 0 Å². The van der Waals surface area contributed by atoms with Crippen LogP contribution < -0.4 is 0 Å². The summed E-state index contributed by atoms with van der Waals surface area (Å²) in [5.74, 6) is 0.625. The highest BCUT2D eigenvalue weighted by molar-refractivity contribution is 7.91. The van der Waals surface area contributed by atoms with Gasteiger partial charge in [-0.05, 0) is 32.9 Å². The van der Waals surface area contributed by atoms with Crippen molar-refractivity contribution in [2.45, 2.75) is 26.8 Å². The van der Waals surface area contributed by atoms with Crippen LogP contribution in [0.25, 0.3) is 0 Å². The van der Waals surface area contributed by atoms with Crippen LogP contribution in [-0.2, 0) is 16.4 Å². The summed E-state index contributed by atoms with van der Waals surface area (Å²) in [6, 6.07) is 2.08. The van der Waals surface area contributed by atoms with E-state index in [1.807, 2.05) is 11.6 Å². The molecule has 0 radical (unpaired) electrons. The first-order valence-electron chi connectivity index (χ1n) is 6.40. The maximum atomic E-state index is 11.3. The molecule has 0 aliphatic carbocycles. The number of nitrogens with zero attached hydrogens (tertiary/aromatic N) is 3. The Morgan fingerprint density at radius 1 is 1.22 bits per heavy atom. The zero-order valence-corrected chi connectivity index (χ0v) is 11.9. The lowest BCUT2D eigenvalue weighted by molar-refractivity contribution is 0.283. The normalized spacial score (nSPS) is 20.1. The summed E-state index contributed by atoms with van der Waals surface area (Å²) in [5, 5.41) is 4.42. The summed E-state index contributed by atoms with van der Waals surface area (Å²) in [6.07, 6.45) is 1.02. The highest BCUT2D eigenvalue weighted by atomic mass is 32.2. The summed E-state index contributed by atoms with van der Waals surface area (Å²) in [6.45, 7) is 7.28. The molecule has 0 aromatic carbocycles. The fourth-order valence-corrected chi connectivity index (χ4v) is 3.60. The lowest BCUT2D eigenvalue weighted by atomic mass is 10.3. The molecule has 0 bridgehead atoms. The van der Waals surface area contributed by atoms with E-state index in [1.54, 1.807) is 0 Å². The summed E-state index contributed by atoms with van der Waals surface area (Å²) >= 11 is 0. The van der Waals surface area contributed by atoms with Crippen molar-refractivity contribution in [3.8, 4) is 0 Å². The van der Waals surface area contributed by atoms with Crippen molar-refractivity contribution in [1.29, 1.82) is 0 Å². The molecule has 0 N–H and O–H groups in total. The van der Waals surface area contributed by atoms with Crippen molar-refractivity contribution in [2.24, 2.45) is 0 Å². The minimum atomic E-state index is -2.76. The molecular weight excluding hydrogens is 250 g/mol. The number of aryl methyl sites for hydroxylation is 3. The van der Waals surface area contributed by atoms with Gasteiger partial charge in [-0.1, -0.05) is 0 Å². The monoisotopic (exact) mass is 271 g/mol. The standard InChI is InChI=1S/C12H21N3O2S/c1-11-10-12(2)15(13-11)5-3-4-14-6-8-18(16,17)9-7-14/h10H,3-9H2,1-2H3. The van der Waals surface area contributed by atoms with Crippen molar-refractivity contribution in [1.82, 2.24) is 14.7 Å². The van der Waals surface area contributed by atoms with Crippen LogP contribution in [0.1, 0.15) is 17.8 Å². The molecule has 1 aliphatic rings. The predicted octanol–water partition coefficient (Wildman–Crippen LogP) is 0.620. The third-order valence-electron chi connectivity index (χ3n) is 3.38. The highest BCUT2D eigenvalue weighted by Gasteiger charge is 2.20. The average Bonchev–Trinajstić information content (AvgIpc) is 2.60. The molecule has 1 fully saturated rings. The van der Waals surface area contributed by atoms with Gasteiger partial charge in [0.15, 0.2) is 9.84 Å². The van der Waals surface area contributed by atoms with Gasteiger partial charge >= 0.3 is 0 Å². The van der Waals surface area contributed by atoms with Gasteiger partial charge in [-0.2, -0.15) is 5.10 Å². The van der Waals surface area contributed by atoms with E-state index in [0.29, 0.717) is 24.6 Å². The second kappa shape index (κ2) is 5.40. The molecule has 0 saturated carbocycles. The summed E-state index contributed by atoms with van der Waals surface area (Å²) in [4.78, 5) is 2.23. The van der Waals surface area contributed by atoms with E-state index in [-0.39, 0.29) is 0 Å². The van der Waals surface area contributed by atoms with Gasteiger partial charge in [0.1, 0.15) is 0 Å². The molecule has 0 spiro atoms.